The molecule has 3 N–H and O–H groups in total. The van der Waals surface area contributed by atoms with Gasteiger partial charge in [-0.05, 0) is 73.5 Å². The summed E-state index contributed by atoms with van der Waals surface area (Å²) in [6.07, 6.45) is 0.732. The van der Waals surface area contributed by atoms with Gasteiger partial charge in [0.15, 0.2) is 0 Å². The molecule has 3 aromatic rings. The van der Waals surface area contributed by atoms with Crippen molar-refractivity contribution in [2.75, 3.05) is 74.6 Å². The number of nitro benzene ring substituents is 2. The van der Waals surface area contributed by atoms with E-state index in [2.05, 4.69) is 33.1 Å². The van der Waals surface area contributed by atoms with E-state index >= 15 is 0 Å². The fraction of sp³-hybridized carbons (Fsp3) is 0.471. The summed E-state index contributed by atoms with van der Waals surface area (Å²) in [6.45, 7) is 15.2. The third-order valence-electron chi connectivity index (χ3n) is 7.76. The molecule has 3 aromatic carbocycles. The number of ether oxygens (including phenoxy) is 3. The number of benzene rings is 3. The van der Waals surface area contributed by atoms with Gasteiger partial charge in [-0.2, -0.15) is 0 Å². The molecule has 3 heterocycles. The highest BCUT2D eigenvalue weighted by Crippen LogP contribution is 2.27. The van der Waals surface area contributed by atoms with Crippen LogP contribution in [0.2, 0.25) is 0 Å². The summed E-state index contributed by atoms with van der Waals surface area (Å²) in [7, 11) is 0. The van der Waals surface area contributed by atoms with Crippen molar-refractivity contribution in [1.82, 2.24) is 5.32 Å². The zero-order valence-corrected chi connectivity index (χ0v) is 31.5. The lowest BCUT2D eigenvalue weighted by Gasteiger charge is -2.33. The maximum Gasteiger partial charge on any atom is 0.271 e. The highest BCUT2D eigenvalue weighted by atomic mass is 79.9. The number of morpholine rings is 3. The number of aryl methyl sites for hydroxylation is 1. The van der Waals surface area contributed by atoms with Gasteiger partial charge in [0.1, 0.15) is 11.6 Å². The van der Waals surface area contributed by atoms with Crippen LogP contribution in [0.1, 0.15) is 26.3 Å². The number of nitrogen functional groups attached to an aromatic ring is 1. The Balaban J connectivity index is 0.000000244. The van der Waals surface area contributed by atoms with E-state index in [9.17, 15) is 29.0 Å². The summed E-state index contributed by atoms with van der Waals surface area (Å²) in [5, 5.41) is 24.1. The summed E-state index contributed by atoms with van der Waals surface area (Å²) >= 11 is 2.83. The van der Waals surface area contributed by atoms with E-state index in [0.29, 0.717) is 43.8 Å². The second kappa shape index (κ2) is 21.6. The van der Waals surface area contributed by atoms with Crippen LogP contribution in [0.25, 0.3) is 0 Å². The topological polar surface area (TPSA) is 158 Å². The average molecular weight is 804 g/mol. The predicted octanol–water partition coefficient (Wildman–Crippen LogP) is 6.67. The molecule has 3 saturated heterocycles. The Morgan fingerprint density at radius 1 is 0.784 bits per heavy atom. The van der Waals surface area contributed by atoms with Crippen molar-refractivity contribution in [2.45, 2.75) is 46.0 Å². The monoisotopic (exact) mass is 802 g/mol. The van der Waals surface area contributed by atoms with Gasteiger partial charge in [0, 0.05) is 74.9 Å². The fourth-order valence-corrected chi connectivity index (χ4v) is 5.56. The molecule has 0 unspecified atom stereocenters. The summed E-state index contributed by atoms with van der Waals surface area (Å²) in [6, 6.07) is 12.9. The van der Waals surface area contributed by atoms with Crippen molar-refractivity contribution in [3.05, 3.63) is 96.5 Å². The number of hydrogen-bond acceptors (Lipinski definition) is 11. The van der Waals surface area contributed by atoms with E-state index in [0.717, 1.165) is 62.2 Å². The van der Waals surface area contributed by atoms with E-state index < -0.39 is 10.7 Å². The molecule has 3 aliphatic heterocycles. The van der Waals surface area contributed by atoms with Crippen molar-refractivity contribution < 1.29 is 32.8 Å². The molecule has 13 nitrogen and oxygen atoms in total. The van der Waals surface area contributed by atoms with Crippen LogP contribution in [0.15, 0.2) is 59.1 Å². The van der Waals surface area contributed by atoms with Crippen molar-refractivity contribution in [2.24, 2.45) is 0 Å². The molecule has 3 aliphatic rings. The van der Waals surface area contributed by atoms with Gasteiger partial charge < -0.3 is 35.1 Å². The van der Waals surface area contributed by atoms with Crippen LogP contribution in [0.3, 0.4) is 0 Å². The summed E-state index contributed by atoms with van der Waals surface area (Å²) in [5.41, 5.74) is 8.82. The number of anilines is 3. The number of nitrogens with one attached hydrogen (secondary N) is 1. The van der Waals surface area contributed by atoms with Crippen LogP contribution in [0.4, 0.5) is 37.2 Å². The molecular weight excluding hydrogens is 758 g/mol. The first kappa shape index (κ1) is 43.5. The number of nitro groups is 2. The Hall–Kier alpha value is -3.67. The number of nitrogens with two attached hydrogens (primary N) is 1. The van der Waals surface area contributed by atoms with E-state index in [1.807, 2.05) is 25.7 Å². The van der Waals surface area contributed by atoms with E-state index in [-0.39, 0.29) is 51.2 Å². The van der Waals surface area contributed by atoms with Gasteiger partial charge in [0.2, 0.25) is 0 Å². The number of non-ortho nitro benzene ring substituents is 2. The van der Waals surface area contributed by atoms with E-state index in [4.69, 9.17) is 19.9 Å². The smallest absolute Gasteiger partial charge is 0.271 e. The average Bonchev–Trinajstić information content (AvgIpc) is 3.08. The van der Waals surface area contributed by atoms with Gasteiger partial charge in [0.05, 0.1) is 58.1 Å². The largest absolute Gasteiger partial charge is 0.399 e. The van der Waals surface area contributed by atoms with Crippen molar-refractivity contribution >= 4 is 56.8 Å². The van der Waals surface area contributed by atoms with Crippen molar-refractivity contribution in [3.8, 4) is 0 Å². The molecule has 0 saturated carbocycles. The van der Waals surface area contributed by atoms with Crippen LogP contribution < -0.4 is 20.9 Å². The van der Waals surface area contributed by atoms with Gasteiger partial charge in [-0.3, -0.25) is 20.2 Å². The number of hydrogen-bond donors (Lipinski definition) is 2. The second-order valence-electron chi connectivity index (χ2n) is 11.9. The molecule has 17 heteroatoms. The zero-order valence-electron chi connectivity index (χ0n) is 29.1. The standard InChI is InChI=1S/C12H16N2O3.C11H15FN2O.C6H3BrFNO2.C5H11NO.ClH/c1-9-3-4-11(14(15)16)7-12(9)13-5-6-17-10(2)8-13;1-8-7-14(4-5-15-8)11-6-9(13)2-3-10(11)12;7-5-3-4(9(10)11)1-2-6(5)8;1-5-4-6-2-3-7-5;/h3-4,7,10H,5-6,8H2,1-2H3;2-3,6,8H,4-5,7,13H2,1H3;1-3H;5-6H,2-4H2,1H3;1H/t10-;8-;;5-;/m11.1./s1. The van der Waals surface area contributed by atoms with Gasteiger partial charge >= 0.3 is 0 Å². The molecule has 282 valence electrons. The third kappa shape index (κ3) is 14.5. The normalized spacial score (nSPS) is 19.8. The van der Waals surface area contributed by atoms with E-state index in [1.165, 1.54) is 6.07 Å². The number of rotatable bonds is 4. The molecule has 0 aliphatic carbocycles. The minimum absolute atomic E-state index is 0. The summed E-state index contributed by atoms with van der Waals surface area (Å²) in [4.78, 5) is 24.1. The molecule has 0 bridgehead atoms. The van der Waals surface area contributed by atoms with Gasteiger partial charge in [-0.25, -0.2) is 8.78 Å². The van der Waals surface area contributed by atoms with Crippen molar-refractivity contribution in [3.63, 3.8) is 0 Å². The third-order valence-corrected chi connectivity index (χ3v) is 8.37. The molecule has 0 amide bonds. The molecule has 3 atom stereocenters. The van der Waals surface area contributed by atoms with Crippen LogP contribution in [0, 0.1) is 38.8 Å². The van der Waals surface area contributed by atoms with Gasteiger partial charge in [-0.15, -0.1) is 12.4 Å². The Labute approximate surface area is 311 Å². The fourth-order valence-electron chi connectivity index (χ4n) is 5.19. The number of halogens is 4. The van der Waals surface area contributed by atoms with Crippen molar-refractivity contribution in [1.29, 1.82) is 0 Å². The minimum Gasteiger partial charge on any atom is -0.399 e. The highest BCUT2D eigenvalue weighted by Gasteiger charge is 2.21. The molecule has 3 fully saturated rings. The molecule has 0 aromatic heterocycles. The lowest BCUT2D eigenvalue weighted by molar-refractivity contribution is -0.385. The quantitative estimate of drug-likeness (QED) is 0.165. The second-order valence-corrected chi connectivity index (χ2v) is 12.8. The Morgan fingerprint density at radius 3 is 1.80 bits per heavy atom. The lowest BCUT2D eigenvalue weighted by atomic mass is 10.1. The molecule has 0 spiro atoms. The van der Waals surface area contributed by atoms with Crippen LogP contribution >= 0.6 is 28.3 Å². The Kier molecular flexibility index (Phi) is 18.5. The maximum absolute atomic E-state index is 13.5. The molecular formula is C34H46BrClF2N6O7. The highest BCUT2D eigenvalue weighted by molar-refractivity contribution is 9.10. The van der Waals surface area contributed by atoms with Crippen LogP contribution in [-0.4, -0.2) is 87.2 Å². The summed E-state index contributed by atoms with van der Waals surface area (Å²) in [5.74, 6) is -0.728. The first-order valence-corrected chi connectivity index (χ1v) is 17.0. The molecule has 0 radical (unpaired) electrons. The molecule has 51 heavy (non-hydrogen) atoms. The van der Waals surface area contributed by atoms with Gasteiger partial charge in [0.25, 0.3) is 11.4 Å². The number of nitrogens with zero attached hydrogens (tertiary/aromatic N) is 4. The SMILES string of the molecule is C[C@@H]1CN(c2cc(N)ccc2F)CCO1.C[C@@H]1CNCCO1.Cc1ccc([N+](=O)[O-])cc1N1CCO[C@H](C)C1.Cl.O=[N+]([O-])c1ccc(F)c(Br)c1. The van der Waals surface area contributed by atoms with Gasteiger partial charge in [-0.1, -0.05) is 6.07 Å². The predicted molar refractivity (Wildman–Crippen MR) is 200 cm³/mol. The maximum atomic E-state index is 13.5. The summed E-state index contributed by atoms with van der Waals surface area (Å²) < 4.78 is 42.2. The lowest BCUT2D eigenvalue weighted by Crippen LogP contribution is -2.41. The zero-order chi connectivity index (χ0) is 36.8. The first-order chi connectivity index (χ1) is 23.7. The Morgan fingerprint density at radius 2 is 1.31 bits per heavy atom. The van der Waals surface area contributed by atoms with E-state index in [1.54, 1.807) is 30.3 Å². The van der Waals surface area contributed by atoms with Crippen LogP contribution in [-0.2, 0) is 14.2 Å². The molecule has 6 rings (SSSR count). The van der Waals surface area contributed by atoms with Crippen LogP contribution in [0.5, 0.6) is 0 Å². The first-order valence-electron chi connectivity index (χ1n) is 16.2. The Bertz CT molecular complexity index is 1570. The minimum atomic E-state index is -0.579.